The normalized spacial score (nSPS) is 30.6. The fraction of sp³-hybridized carbons (Fsp3) is 0.732. The molecule has 1 aromatic rings. The lowest BCUT2D eigenvalue weighted by Crippen LogP contribution is -2.62. The molecule has 6 fully saturated rings. The SMILES string of the molecule is C=C[C@@H]1C[C@]1(NC(=O)[C@@H]1C[C@@]2(CN1C(=O)[C@@H](NC(=O)[C@@H](NC(=O)c1cnccn1)C1CCCCC1)C(C)(C)C)C(C)(C)C21CCC1)C(=O)NS(=O)(=O)C1(C)CC1. The molecule has 2 spiro atoms. The zero-order valence-electron chi connectivity index (χ0n) is 33.7. The molecule has 6 aliphatic rings. The number of amides is 5. The first-order valence-corrected chi connectivity index (χ1v) is 21.9. The Labute approximate surface area is 330 Å². The summed E-state index contributed by atoms with van der Waals surface area (Å²) in [7, 11) is -3.98. The molecule has 5 aliphatic carbocycles. The number of carbonyl (C=O) groups is 5. The van der Waals surface area contributed by atoms with Crippen LogP contribution in [0.2, 0.25) is 0 Å². The lowest BCUT2D eigenvalue weighted by Gasteiger charge is -2.38. The minimum atomic E-state index is -3.98. The third kappa shape index (κ3) is 6.34. The number of nitrogens with one attached hydrogen (secondary N) is 4. The van der Waals surface area contributed by atoms with Crippen LogP contribution < -0.4 is 20.7 Å². The third-order valence-corrected chi connectivity index (χ3v) is 17.3. The molecule has 56 heavy (non-hydrogen) atoms. The molecule has 4 N–H and O–H groups in total. The molecule has 1 aromatic heterocycles. The van der Waals surface area contributed by atoms with E-state index in [4.69, 9.17) is 0 Å². The van der Waals surface area contributed by atoms with Crippen molar-refractivity contribution in [3.8, 4) is 0 Å². The van der Waals surface area contributed by atoms with Crippen LogP contribution >= 0.6 is 0 Å². The number of aromatic nitrogens is 2. The van der Waals surface area contributed by atoms with E-state index in [1.54, 1.807) is 17.9 Å². The Morgan fingerprint density at radius 3 is 2.12 bits per heavy atom. The summed E-state index contributed by atoms with van der Waals surface area (Å²) in [6.07, 6.45) is 14.6. The first-order chi connectivity index (χ1) is 26.2. The molecule has 0 aromatic carbocycles. The Balaban J connectivity index is 1.17. The summed E-state index contributed by atoms with van der Waals surface area (Å²) in [6.45, 7) is 15.7. The van der Waals surface area contributed by atoms with Gasteiger partial charge in [0, 0.05) is 30.3 Å². The van der Waals surface area contributed by atoms with Crippen LogP contribution in [-0.2, 0) is 29.2 Å². The fourth-order valence-electron chi connectivity index (χ4n) is 10.7. The topological polar surface area (TPSA) is 197 Å². The molecule has 1 saturated heterocycles. The number of fused-ring (bicyclic) bond motifs is 1. The molecule has 2 heterocycles. The minimum Gasteiger partial charge on any atom is -0.342 e. The molecule has 15 heteroatoms. The second-order valence-electron chi connectivity index (χ2n) is 19.5. The van der Waals surface area contributed by atoms with Crippen LogP contribution in [0.3, 0.4) is 0 Å². The van der Waals surface area contributed by atoms with Crippen molar-refractivity contribution >= 4 is 39.6 Å². The smallest absolute Gasteiger partial charge is 0.272 e. The number of sulfonamides is 1. The predicted molar refractivity (Wildman–Crippen MR) is 208 cm³/mol. The summed E-state index contributed by atoms with van der Waals surface area (Å²) < 4.78 is 27.4. The zero-order valence-corrected chi connectivity index (χ0v) is 34.5. The van der Waals surface area contributed by atoms with Gasteiger partial charge in [-0.1, -0.05) is 66.4 Å². The van der Waals surface area contributed by atoms with Crippen molar-refractivity contribution in [3.05, 3.63) is 36.9 Å². The van der Waals surface area contributed by atoms with Gasteiger partial charge < -0.3 is 20.9 Å². The standard InChI is InChI=1S/C41H59N7O7S/c1-8-26-21-41(26,35(53)47-56(54,55)38(7)17-18-38)46-32(50)28-22-40(37(5,6)39(40)15-12-16-39)24-48(28)34(52)30(36(2,3)4)45-33(51)29(25-13-10-9-11-14-25)44-31(49)27-23-42-19-20-43-27/h8,19-20,23,25-26,28-30H,1,9-18,21-22,24H2,2-7H3,(H,44,49)(H,45,51)(H,46,50)(H,47,53)/t26-,28+,29+,30-,40-,41-/m1/s1. The van der Waals surface area contributed by atoms with Crippen LogP contribution in [0, 0.1) is 33.5 Å². The Morgan fingerprint density at radius 2 is 1.61 bits per heavy atom. The number of hydrogen-bond donors (Lipinski definition) is 4. The Kier molecular flexibility index (Phi) is 9.80. The average Bonchev–Trinajstić information content (AvgIpc) is 4.06. The van der Waals surface area contributed by atoms with Gasteiger partial charge in [0.05, 0.1) is 10.9 Å². The van der Waals surface area contributed by atoms with Crippen molar-refractivity contribution in [1.29, 1.82) is 0 Å². The number of nitrogens with zero attached hydrogens (tertiary/aromatic N) is 3. The van der Waals surface area contributed by atoms with E-state index in [2.05, 4.69) is 51.1 Å². The van der Waals surface area contributed by atoms with Crippen LogP contribution in [0.15, 0.2) is 31.2 Å². The second-order valence-corrected chi connectivity index (χ2v) is 21.7. The Bertz CT molecular complexity index is 1920. The van der Waals surface area contributed by atoms with Gasteiger partial charge in [-0.2, -0.15) is 0 Å². The van der Waals surface area contributed by atoms with Gasteiger partial charge in [0.2, 0.25) is 27.7 Å². The number of likely N-dealkylation sites (tertiary alicyclic amines) is 1. The van der Waals surface area contributed by atoms with Crippen molar-refractivity contribution in [2.75, 3.05) is 6.54 Å². The zero-order chi connectivity index (χ0) is 40.7. The maximum absolute atomic E-state index is 15.1. The van der Waals surface area contributed by atoms with Gasteiger partial charge in [0.1, 0.15) is 29.4 Å². The summed E-state index contributed by atoms with van der Waals surface area (Å²) in [6, 6.07) is -2.96. The van der Waals surface area contributed by atoms with E-state index >= 15 is 4.79 Å². The van der Waals surface area contributed by atoms with Crippen molar-refractivity contribution in [2.24, 2.45) is 33.5 Å². The third-order valence-electron chi connectivity index (χ3n) is 15.2. The van der Waals surface area contributed by atoms with Crippen LogP contribution in [-0.4, -0.2) is 87.8 Å². The van der Waals surface area contributed by atoms with E-state index in [-0.39, 0.29) is 34.3 Å². The molecule has 7 rings (SSSR count). The second kappa shape index (κ2) is 13.6. The summed E-state index contributed by atoms with van der Waals surface area (Å²) >= 11 is 0. The van der Waals surface area contributed by atoms with E-state index in [0.29, 0.717) is 25.8 Å². The van der Waals surface area contributed by atoms with Gasteiger partial charge in [0.15, 0.2) is 0 Å². The molecule has 0 bridgehead atoms. The monoisotopic (exact) mass is 793 g/mol. The Hall–Kier alpha value is -3.88. The summed E-state index contributed by atoms with van der Waals surface area (Å²) in [5, 5.41) is 8.89. The molecule has 0 unspecified atom stereocenters. The van der Waals surface area contributed by atoms with E-state index < -0.39 is 79.3 Å². The van der Waals surface area contributed by atoms with Gasteiger partial charge in [0.25, 0.3) is 11.8 Å². The molecule has 5 saturated carbocycles. The van der Waals surface area contributed by atoms with Gasteiger partial charge in [-0.25, -0.2) is 13.4 Å². The van der Waals surface area contributed by atoms with Crippen LogP contribution in [0.4, 0.5) is 0 Å². The highest BCUT2D eigenvalue weighted by Gasteiger charge is 2.85. The molecule has 14 nitrogen and oxygen atoms in total. The summed E-state index contributed by atoms with van der Waals surface area (Å²) in [5.74, 6) is -3.39. The van der Waals surface area contributed by atoms with E-state index in [1.165, 1.54) is 18.6 Å². The van der Waals surface area contributed by atoms with Crippen LogP contribution in [0.1, 0.15) is 129 Å². The Morgan fingerprint density at radius 1 is 0.929 bits per heavy atom. The lowest BCUT2D eigenvalue weighted by atomic mass is 9.73. The lowest BCUT2D eigenvalue weighted by molar-refractivity contribution is -0.145. The van der Waals surface area contributed by atoms with E-state index in [9.17, 15) is 27.6 Å². The summed E-state index contributed by atoms with van der Waals surface area (Å²) in [5.41, 5.74) is -2.77. The molecule has 1 aliphatic heterocycles. The molecule has 5 amide bonds. The predicted octanol–water partition coefficient (Wildman–Crippen LogP) is 3.54. The quantitative estimate of drug-likeness (QED) is 0.229. The summed E-state index contributed by atoms with van der Waals surface area (Å²) in [4.78, 5) is 81.0. The number of rotatable bonds is 12. The molecule has 306 valence electrons. The van der Waals surface area contributed by atoms with Crippen molar-refractivity contribution in [1.82, 2.24) is 35.5 Å². The maximum atomic E-state index is 15.1. The highest BCUT2D eigenvalue weighted by atomic mass is 32.2. The fourth-order valence-corrected chi connectivity index (χ4v) is 12.0. The van der Waals surface area contributed by atoms with E-state index in [0.717, 1.165) is 51.4 Å². The van der Waals surface area contributed by atoms with Gasteiger partial charge >= 0.3 is 0 Å². The van der Waals surface area contributed by atoms with Crippen LogP contribution in [0.25, 0.3) is 0 Å². The first kappa shape index (κ1) is 40.3. The number of hydrogen-bond acceptors (Lipinski definition) is 9. The van der Waals surface area contributed by atoms with Gasteiger partial charge in [-0.3, -0.25) is 33.7 Å². The van der Waals surface area contributed by atoms with Crippen molar-refractivity contribution in [2.45, 2.75) is 147 Å². The highest BCUT2D eigenvalue weighted by molar-refractivity contribution is 7.91. The largest absolute Gasteiger partial charge is 0.342 e. The van der Waals surface area contributed by atoms with Crippen molar-refractivity contribution in [3.63, 3.8) is 0 Å². The van der Waals surface area contributed by atoms with Gasteiger partial charge in [-0.15, -0.1) is 6.58 Å². The first-order valence-electron chi connectivity index (χ1n) is 20.4. The maximum Gasteiger partial charge on any atom is 0.272 e. The highest BCUT2D eigenvalue weighted by Crippen LogP contribution is 2.88. The van der Waals surface area contributed by atoms with Gasteiger partial charge in [-0.05, 0) is 80.5 Å². The molecular weight excluding hydrogens is 735 g/mol. The molecule has 6 atom stereocenters. The van der Waals surface area contributed by atoms with Crippen molar-refractivity contribution < 1.29 is 32.4 Å². The molecular formula is C41H59N7O7S. The average molecular weight is 794 g/mol. The number of carbonyl (C=O) groups excluding carboxylic acids is 5. The minimum absolute atomic E-state index is 0.0309. The van der Waals surface area contributed by atoms with Crippen LogP contribution in [0.5, 0.6) is 0 Å². The molecule has 0 radical (unpaired) electrons. The van der Waals surface area contributed by atoms with E-state index in [1.807, 2.05) is 20.8 Å².